The van der Waals surface area contributed by atoms with Gasteiger partial charge in [-0.15, -0.1) is 0 Å². The van der Waals surface area contributed by atoms with Crippen LogP contribution in [-0.4, -0.2) is 72.4 Å². The third-order valence-corrected chi connectivity index (χ3v) is 8.95. The summed E-state index contributed by atoms with van der Waals surface area (Å²) in [6, 6.07) is 10.6. The Morgan fingerprint density at radius 2 is 1.65 bits per heavy atom. The topological polar surface area (TPSA) is 118 Å². The maximum Gasteiger partial charge on any atom is 0.161 e. The van der Waals surface area contributed by atoms with Crippen LogP contribution < -0.4 is 9.47 Å². The van der Waals surface area contributed by atoms with Crippen molar-refractivity contribution >= 4 is 22.1 Å². The number of nitrogens with zero attached hydrogens (tertiary/aromatic N) is 6. The zero-order valence-corrected chi connectivity index (χ0v) is 25.5. The number of imidazole rings is 1. The molecule has 0 bridgehead atoms. The molecule has 1 aliphatic heterocycles. The maximum atomic E-state index is 14.8. The second-order valence-corrected chi connectivity index (χ2v) is 12.2. The number of aromatic amines is 2. The molecule has 46 heavy (non-hydrogen) atoms. The van der Waals surface area contributed by atoms with Gasteiger partial charge in [0, 0.05) is 36.1 Å². The van der Waals surface area contributed by atoms with E-state index in [4.69, 9.17) is 19.4 Å². The molecular weight excluding hydrogens is 583 g/mol. The minimum absolute atomic E-state index is 0.237. The lowest BCUT2D eigenvalue weighted by Crippen LogP contribution is -2.25. The van der Waals surface area contributed by atoms with E-state index < -0.39 is 0 Å². The first-order valence-electron chi connectivity index (χ1n) is 16.1. The molecule has 1 saturated carbocycles. The zero-order valence-electron chi connectivity index (χ0n) is 25.5. The Morgan fingerprint density at radius 3 is 2.54 bits per heavy atom. The van der Waals surface area contributed by atoms with Gasteiger partial charge < -0.3 is 14.5 Å². The van der Waals surface area contributed by atoms with Gasteiger partial charge in [-0.3, -0.25) is 20.0 Å². The van der Waals surface area contributed by atoms with Crippen molar-refractivity contribution in [2.75, 3.05) is 26.2 Å². The Hall–Kier alpha value is -4.90. The Bertz CT molecular complexity index is 1990. The average molecular weight is 619 g/mol. The lowest BCUT2D eigenvalue weighted by molar-refractivity contribution is 0.154. The highest BCUT2D eigenvalue weighted by Gasteiger charge is 2.19. The summed E-state index contributed by atoms with van der Waals surface area (Å²) in [6.45, 7) is 3.52. The molecule has 6 heterocycles. The van der Waals surface area contributed by atoms with Crippen LogP contribution in [0, 0.1) is 5.82 Å². The standard InChI is InChI=1S/C35H35FN8O2/c36-24-14-22(15-26(17-24)45-13-12-44-10-4-5-11-44)28-20-38-21-31-32(28)41-35(40-31)34-33-30(42-43-34)9-8-29(39-33)23-16-27(19-37-18-23)46-25-6-2-1-3-7-25/h8-9,14-21,25H,1-7,10-13H2,(H,40,41)(H,42,43). The lowest BCUT2D eigenvalue weighted by Gasteiger charge is -2.22. The van der Waals surface area contributed by atoms with Crippen LogP contribution in [0.2, 0.25) is 0 Å². The van der Waals surface area contributed by atoms with Crippen LogP contribution >= 0.6 is 0 Å². The van der Waals surface area contributed by atoms with Crippen LogP contribution in [0.3, 0.4) is 0 Å². The first kappa shape index (κ1) is 28.6. The van der Waals surface area contributed by atoms with E-state index in [-0.39, 0.29) is 11.9 Å². The van der Waals surface area contributed by atoms with Crippen molar-refractivity contribution in [1.29, 1.82) is 0 Å². The molecule has 5 aromatic heterocycles. The monoisotopic (exact) mass is 618 g/mol. The molecule has 0 spiro atoms. The summed E-state index contributed by atoms with van der Waals surface area (Å²) in [4.78, 5) is 24.5. The average Bonchev–Trinajstić information content (AvgIpc) is 3.85. The van der Waals surface area contributed by atoms with E-state index in [1.807, 2.05) is 24.3 Å². The van der Waals surface area contributed by atoms with Crippen molar-refractivity contribution < 1.29 is 13.9 Å². The smallest absolute Gasteiger partial charge is 0.161 e. The second kappa shape index (κ2) is 12.5. The summed E-state index contributed by atoms with van der Waals surface area (Å²) in [5.41, 5.74) is 6.34. The second-order valence-electron chi connectivity index (χ2n) is 12.2. The summed E-state index contributed by atoms with van der Waals surface area (Å²) in [5.74, 6) is 1.40. The number of hydrogen-bond donors (Lipinski definition) is 2. The number of aromatic nitrogens is 7. The number of likely N-dealkylation sites (tertiary alicyclic amines) is 1. The number of fused-ring (bicyclic) bond motifs is 2. The van der Waals surface area contributed by atoms with Crippen molar-refractivity contribution in [1.82, 2.24) is 40.0 Å². The molecule has 10 nitrogen and oxygen atoms in total. The predicted molar refractivity (Wildman–Crippen MR) is 174 cm³/mol. The van der Waals surface area contributed by atoms with E-state index in [0.717, 1.165) is 55.0 Å². The van der Waals surface area contributed by atoms with Gasteiger partial charge in [-0.05, 0) is 87.5 Å². The van der Waals surface area contributed by atoms with Gasteiger partial charge in [-0.25, -0.2) is 14.4 Å². The molecule has 0 radical (unpaired) electrons. The number of rotatable bonds is 9. The third kappa shape index (κ3) is 5.90. The fourth-order valence-electron chi connectivity index (χ4n) is 6.58. The molecule has 2 fully saturated rings. The molecule has 2 N–H and O–H groups in total. The molecule has 6 aromatic rings. The van der Waals surface area contributed by atoms with Gasteiger partial charge >= 0.3 is 0 Å². The van der Waals surface area contributed by atoms with Gasteiger partial charge in [-0.1, -0.05) is 6.42 Å². The summed E-state index contributed by atoms with van der Waals surface area (Å²) in [6.07, 6.45) is 15.5. The van der Waals surface area contributed by atoms with Crippen LogP contribution in [0.25, 0.3) is 56.0 Å². The third-order valence-electron chi connectivity index (χ3n) is 8.95. The molecule has 1 aliphatic carbocycles. The number of nitrogens with one attached hydrogen (secondary N) is 2. The first-order valence-corrected chi connectivity index (χ1v) is 16.1. The minimum atomic E-state index is -0.376. The number of benzene rings is 1. The van der Waals surface area contributed by atoms with Gasteiger partial charge in [0.25, 0.3) is 0 Å². The predicted octanol–water partition coefficient (Wildman–Crippen LogP) is 6.95. The quantitative estimate of drug-likeness (QED) is 0.179. The molecule has 8 rings (SSSR count). The summed E-state index contributed by atoms with van der Waals surface area (Å²) in [5, 5.41) is 7.64. The van der Waals surface area contributed by atoms with Gasteiger partial charge in [0.05, 0.1) is 40.7 Å². The lowest BCUT2D eigenvalue weighted by atomic mass is 9.98. The van der Waals surface area contributed by atoms with Crippen molar-refractivity contribution in [3.63, 3.8) is 0 Å². The van der Waals surface area contributed by atoms with Crippen LogP contribution in [-0.2, 0) is 0 Å². The highest BCUT2D eigenvalue weighted by Crippen LogP contribution is 2.34. The number of halogens is 1. The van der Waals surface area contributed by atoms with Crippen LogP contribution in [0.1, 0.15) is 44.9 Å². The van der Waals surface area contributed by atoms with E-state index >= 15 is 0 Å². The fraction of sp³-hybridized carbons (Fsp3) is 0.343. The van der Waals surface area contributed by atoms with Crippen molar-refractivity contribution in [2.45, 2.75) is 51.0 Å². The molecule has 11 heteroatoms. The minimum Gasteiger partial charge on any atom is -0.492 e. The number of ether oxygens (including phenoxy) is 2. The van der Waals surface area contributed by atoms with Crippen molar-refractivity contribution in [3.05, 3.63) is 67.0 Å². The first-order chi connectivity index (χ1) is 22.7. The number of H-pyrrole nitrogens is 2. The Balaban J connectivity index is 1.08. The molecule has 0 amide bonds. The Labute approximate surface area is 265 Å². The van der Waals surface area contributed by atoms with E-state index in [1.165, 1.54) is 44.2 Å². The SMILES string of the molecule is Fc1cc(OCCN2CCCC2)cc(-c2cncc3[nH]c(-c4n[nH]c5ccc(-c6cncc(OC7CCCCC7)c6)nc45)nc23)c1. The van der Waals surface area contributed by atoms with E-state index in [2.05, 4.69) is 30.0 Å². The van der Waals surface area contributed by atoms with Crippen LogP contribution in [0.15, 0.2) is 61.2 Å². The number of pyridine rings is 3. The van der Waals surface area contributed by atoms with Gasteiger partial charge in [0.1, 0.15) is 29.4 Å². The van der Waals surface area contributed by atoms with Crippen molar-refractivity contribution in [3.8, 4) is 45.4 Å². The molecule has 1 aromatic carbocycles. The normalized spacial score (nSPS) is 16.0. The highest BCUT2D eigenvalue weighted by molar-refractivity contribution is 5.96. The molecule has 2 aliphatic rings. The molecule has 234 valence electrons. The zero-order chi connectivity index (χ0) is 30.9. The summed E-state index contributed by atoms with van der Waals surface area (Å²) in [7, 11) is 0. The van der Waals surface area contributed by atoms with E-state index in [9.17, 15) is 4.39 Å². The number of hydrogen-bond acceptors (Lipinski definition) is 8. The van der Waals surface area contributed by atoms with Gasteiger partial charge in [0.2, 0.25) is 0 Å². The molecule has 0 unspecified atom stereocenters. The van der Waals surface area contributed by atoms with Crippen LogP contribution in [0.5, 0.6) is 11.5 Å². The van der Waals surface area contributed by atoms with E-state index in [0.29, 0.717) is 51.6 Å². The molecular formula is C35H35FN8O2. The Kier molecular flexibility index (Phi) is 7.75. The van der Waals surface area contributed by atoms with Crippen molar-refractivity contribution in [2.24, 2.45) is 0 Å². The summed E-state index contributed by atoms with van der Waals surface area (Å²) < 4.78 is 27.0. The fourth-order valence-corrected chi connectivity index (χ4v) is 6.58. The van der Waals surface area contributed by atoms with Crippen LogP contribution in [0.4, 0.5) is 4.39 Å². The van der Waals surface area contributed by atoms with Gasteiger partial charge in [0.15, 0.2) is 11.5 Å². The molecule has 0 atom stereocenters. The Morgan fingerprint density at radius 1 is 0.804 bits per heavy atom. The summed E-state index contributed by atoms with van der Waals surface area (Å²) >= 11 is 0. The van der Waals surface area contributed by atoms with E-state index in [1.54, 1.807) is 24.8 Å². The van der Waals surface area contributed by atoms with Gasteiger partial charge in [-0.2, -0.15) is 5.10 Å². The largest absolute Gasteiger partial charge is 0.492 e. The maximum absolute atomic E-state index is 14.8. The molecule has 1 saturated heterocycles. The highest BCUT2D eigenvalue weighted by atomic mass is 19.1.